The average molecular weight is 362 g/mol. The van der Waals surface area contributed by atoms with Crippen LogP contribution in [-0.4, -0.2) is 28.6 Å². The summed E-state index contributed by atoms with van der Waals surface area (Å²) in [5.41, 5.74) is 0. The number of anilines is 1. The predicted molar refractivity (Wildman–Crippen MR) is 67.4 cm³/mol. The first-order valence-corrected chi connectivity index (χ1v) is 5.21. The van der Waals surface area contributed by atoms with Gasteiger partial charge in [-0.2, -0.15) is 4.98 Å². The fraction of sp³-hybridized carbons (Fsp3) is 0.182. The number of carboxylic acid groups (broad SMARTS) is 1. The van der Waals surface area contributed by atoms with Gasteiger partial charge in [0.25, 0.3) is 0 Å². The van der Waals surface area contributed by atoms with Gasteiger partial charge in [0.15, 0.2) is 11.8 Å². The normalized spacial score (nSPS) is 8.32. The second kappa shape index (κ2) is 10.9. The van der Waals surface area contributed by atoms with Gasteiger partial charge in [-0.05, 0) is 13.0 Å². The Labute approximate surface area is 141 Å². The van der Waals surface area contributed by atoms with E-state index in [1.54, 1.807) is 12.1 Å². The zero-order valence-electron chi connectivity index (χ0n) is 10.4. The third-order valence-electron chi connectivity index (χ3n) is 1.37. The third-order valence-corrected chi connectivity index (χ3v) is 1.68. The van der Waals surface area contributed by atoms with Crippen molar-refractivity contribution in [2.75, 3.05) is 11.9 Å². The topological polar surface area (TPSA) is 88.5 Å². The van der Waals surface area contributed by atoms with Crippen LogP contribution in [0.5, 0.6) is 5.88 Å². The van der Waals surface area contributed by atoms with Crippen molar-refractivity contribution in [2.45, 2.75) is 6.92 Å². The van der Waals surface area contributed by atoms with E-state index in [1.165, 1.54) is 0 Å². The van der Waals surface area contributed by atoms with Crippen LogP contribution in [0.1, 0.15) is 6.92 Å². The zero-order valence-corrected chi connectivity index (χ0v) is 13.9. The molecule has 0 fully saturated rings. The molecule has 1 amide bonds. The molecule has 0 saturated heterocycles. The Morgan fingerprint density at radius 2 is 2.00 bits per heavy atom. The Hall–Kier alpha value is -0.976. The number of nitrogens with zero attached hydrogens (tertiary/aromatic N) is 1. The molecular formula is C11H13ClN2O4Y-2. The second-order valence-electron chi connectivity index (χ2n) is 2.85. The number of nitrogens with one attached hydrogen (secondary N) is 1. The van der Waals surface area contributed by atoms with E-state index in [9.17, 15) is 4.79 Å². The molecule has 0 bridgehead atoms. The van der Waals surface area contributed by atoms with Crippen LogP contribution < -0.4 is 10.1 Å². The van der Waals surface area contributed by atoms with Crippen molar-refractivity contribution >= 4 is 29.3 Å². The minimum absolute atomic E-state index is 0. The largest absolute Gasteiger partial charge is 0.503 e. The van der Waals surface area contributed by atoms with Crippen LogP contribution in [0.25, 0.3) is 0 Å². The molecule has 1 aromatic heterocycles. The molecule has 1 radical (unpaired) electrons. The SMILES string of the molecule is [CH2-]C(=O)Nc1nc(OCC)ccc1Cl.[CH2-]C(=O)O.[Y]. The van der Waals surface area contributed by atoms with E-state index in [0.717, 1.165) is 0 Å². The standard InChI is InChI=1S/C9H10ClN2O2.C2H3O2.Y/c1-3-14-8-5-4-7(10)9(12-8)11-6(2)13;1-2(3)4;/h4-5H,2-3H2,1H3,(H,11,12,13);1H2,(H,3,4);/q2*-1;. The first kappa shape index (κ1) is 20.3. The van der Waals surface area contributed by atoms with Crippen molar-refractivity contribution in [1.29, 1.82) is 0 Å². The molecule has 0 aliphatic rings. The molecule has 2 N–H and O–H groups in total. The molecule has 0 atom stereocenters. The molecule has 8 heteroatoms. The summed E-state index contributed by atoms with van der Waals surface area (Å²) in [4.78, 5) is 23.5. The van der Waals surface area contributed by atoms with E-state index in [1.807, 2.05) is 6.92 Å². The van der Waals surface area contributed by atoms with Gasteiger partial charge in [-0.3, -0.25) is 11.7 Å². The molecule has 1 rings (SSSR count). The number of ether oxygens (including phenoxy) is 1. The van der Waals surface area contributed by atoms with Gasteiger partial charge in [0.1, 0.15) is 0 Å². The molecule has 0 aliphatic heterocycles. The van der Waals surface area contributed by atoms with E-state index in [4.69, 9.17) is 26.2 Å². The number of hydrogen-bond acceptors (Lipinski definition) is 4. The van der Waals surface area contributed by atoms with E-state index in [2.05, 4.69) is 24.1 Å². The van der Waals surface area contributed by atoms with Gasteiger partial charge >= 0.3 is 0 Å². The predicted octanol–water partition coefficient (Wildman–Crippen LogP) is 1.81. The first-order valence-electron chi connectivity index (χ1n) is 4.84. The van der Waals surface area contributed by atoms with Crippen LogP contribution in [0, 0.1) is 13.8 Å². The van der Waals surface area contributed by atoms with Crippen LogP contribution in [0.2, 0.25) is 5.02 Å². The van der Waals surface area contributed by atoms with Gasteiger partial charge in [-0.15, -0.1) is 0 Å². The van der Waals surface area contributed by atoms with Crippen LogP contribution in [0.15, 0.2) is 12.1 Å². The van der Waals surface area contributed by atoms with Gasteiger partial charge in [0.05, 0.1) is 17.5 Å². The fourth-order valence-corrected chi connectivity index (χ4v) is 1.02. The first-order chi connectivity index (χ1) is 8.36. The van der Waals surface area contributed by atoms with Crippen LogP contribution in [-0.2, 0) is 42.3 Å². The fourth-order valence-electron chi connectivity index (χ4n) is 0.872. The Bertz CT molecular complexity index is 425. The summed E-state index contributed by atoms with van der Waals surface area (Å²) in [6, 6.07) is 3.23. The van der Waals surface area contributed by atoms with Crippen molar-refractivity contribution in [1.82, 2.24) is 4.98 Å². The van der Waals surface area contributed by atoms with E-state index in [0.29, 0.717) is 17.5 Å². The number of carbonyl (C=O) groups excluding carboxylic acids is 1. The van der Waals surface area contributed by atoms with Gasteiger partial charge in [-0.1, -0.05) is 11.6 Å². The number of hydrogen-bond donors (Lipinski definition) is 2. The van der Waals surface area contributed by atoms with E-state index in [-0.39, 0.29) is 38.5 Å². The van der Waals surface area contributed by atoms with E-state index >= 15 is 0 Å². The molecule has 6 nitrogen and oxygen atoms in total. The van der Waals surface area contributed by atoms with Gasteiger partial charge in [-0.25, -0.2) is 0 Å². The molecule has 103 valence electrons. The van der Waals surface area contributed by atoms with Crippen LogP contribution >= 0.6 is 11.6 Å². The molecule has 0 unspecified atom stereocenters. The summed E-state index contributed by atoms with van der Waals surface area (Å²) >= 11 is 5.78. The smallest absolute Gasteiger partial charge is 0.215 e. The van der Waals surface area contributed by atoms with Crippen molar-refractivity contribution in [3.05, 3.63) is 31.0 Å². The summed E-state index contributed by atoms with van der Waals surface area (Å²) < 4.78 is 5.14. The molecule has 1 aromatic rings. The zero-order chi connectivity index (χ0) is 14.1. The number of aliphatic carboxylic acids is 1. The minimum atomic E-state index is -1.08. The summed E-state index contributed by atoms with van der Waals surface area (Å²) in [6.07, 6.45) is 0. The molecule has 19 heavy (non-hydrogen) atoms. The van der Waals surface area contributed by atoms with Gasteiger partial charge in [0.2, 0.25) is 5.88 Å². The molecule has 0 saturated carbocycles. The summed E-state index contributed by atoms with van der Waals surface area (Å²) in [6.45, 7) is 8.07. The quantitative estimate of drug-likeness (QED) is 0.802. The Balaban J connectivity index is 0. The number of amides is 1. The van der Waals surface area contributed by atoms with Gasteiger partial charge < -0.3 is 26.9 Å². The summed E-state index contributed by atoms with van der Waals surface area (Å²) in [7, 11) is 0. The minimum Gasteiger partial charge on any atom is -0.503 e. The second-order valence-corrected chi connectivity index (χ2v) is 3.26. The molecular weight excluding hydrogens is 348 g/mol. The van der Waals surface area contributed by atoms with Crippen molar-refractivity contribution < 1.29 is 52.1 Å². The number of pyridine rings is 1. The Morgan fingerprint density at radius 1 is 1.47 bits per heavy atom. The summed E-state index contributed by atoms with van der Waals surface area (Å²) in [5, 5.41) is 10.1. The van der Waals surface area contributed by atoms with Crippen LogP contribution in [0.3, 0.4) is 0 Å². The maximum atomic E-state index is 10.7. The monoisotopic (exact) mass is 361 g/mol. The number of aromatic nitrogens is 1. The Morgan fingerprint density at radius 3 is 2.42 bits per heavy atom. The number of halogens is 1. The van der Waals surface area contributed by atoms with E-state index < -0.39 is 11.9 Å². The maximum Gasteiger partial charge on any atom is 0.215 e. The Kier molecular flexibility index (Phi) is 11.7. The van der Waals surface area contributed by atoms with Crippen molar-refractivity contribution in [2.24, 2.45) is 0 Å². The number of carbonyl (C=O) groups is 2. The van der Waals surface area contributed by atoms with Crippen molar-refractivity contribution in [3.63, 3.8) is 0 Å². The number of rotatable bonds is 3. The number of carboxylic acids is 1. The van der Waals surface area contributed by atoms with Crippen molar-refractivity contribution in [3.8, 4) is 5.88 Å². The molecule has 1 heterocycles. The molecule has 0 aliphatic carbocycles. The summed E-state index contributed by atoms with van der Waals surface area (Å²) in [5.74, 6) is -0.869. The average Bonchev–Trinajstić information content (AvgIpc) is 2.22. The maximum absolute atomic E-state index is 10.7. The molecule has 0 spiro atoms. The molecule has 0 aromatic carbocycles. The third kappa shape index (κ3) is 10.6. The van der Waals surface area contributed by atoms with Gasteiger partial charge in [0, 0.05) is 38.8 Å². The van der Waals surface area contributed by atoms with Crippen LogP contribution in [0.4, 0.5) is 5.82 Å².